The molecule has 7 heteroatoms. The number of nitrogens with one attached hydrogen (secondary N) is 2. The number of anilines is 4. The van der Waals surface area contributed by atoms with Crippen LogP contribution >= 0.6 is 0 Å². The van der Waals surface area contributed by atoms with E-state index in [1.165, 1.54) is 6.33 Å². The van der Waals surface area contributed by atoms with Crippen molar-refractivity contribution in [1.29, 1.82) is 0 Å². The van der Waals surface area contributed by atoms with Gasteiger partial charge in [-0.15, -0.1) is 0 Å². The maximum atomic E-state index is 6.28. The number of nitrogens with zero attached hydrogens (tertiary/aromatic N) is 2. The highest BCUT2D eigenvalue weighted by molar-refractivity contribution is 5.77. The summed E-state index contributed by atoms with van der Waals surface area (Å²) in [6.45, 7) is 0.580. The van der Waals surface area contributed by atoms with Crippen molar-refractivity contribution < 1.29 is 9.47 Å². The van der Waals surface area contributed by atoms with Crippen molar-refractivity contribution in [3.63, 3.8) is 0 Å². The van der Waals surface area contributed by atoms with Crippen molar-refractivity contribution in [1.82, 2.24) is 9.97 Å². The summed E-state index contributed by atoms with van der Waals surface area (Å²) in [4.78, 5) is 8.53. The SMILES string of the molecule is COc1ccc(CNc2ncnc(Nc3ccc(Oc4ccccc4)cc3)c2N)cc1. The number of rotatable bonds is 8. The third kappa shape index (κ3) is 5.22. The Morgan fingerprint density at radius 3 is 2.13 bits per heavy atom. The summed E-state index contributed by atoms with van der Waals surface area (Å²) in [6.07, 6.45) is 1.47. The first-order chi connectivity index (χ1) is 15.2. The van der Waals surface area contributed by atoms with Gasteiger partial charge in [-0.2, -0.15) is 0 Å². The number of ether oxygens (including phenoxy) is 2. The molecule has 4 N–H and O–H groups in total. The minimum Gasteiger partial charge on any atom is -0.497 e. The average molecular weight is 413 g/mol. The molecule has 0 saturated heterocycles. The summed E-state index contributed by atoms with van der Waals surface area (Å²) in [6, 6.07) is 25.0. The highest BCUT2D eigenvalue weighted by atomic mass is 16.5. The molecule has 0 saturated carbocycles. The molecule has 3 aromatic carbocycles. The van der Waals surface area contributed by atoms with Gasteiger partial charge in [0.05, 0.1) is 7.11 Å². The molecule has 4 rings (SSSR count). The molecule has 1 heterocycles. The normalized spacial score (nSPS) is 10.4. The Morgan fingerprint density at radius 1 is 0.774 bits per heavy atom. The minimum absolute atomic E-state index is 0.445. The fraction of sp³-hybridized carbons (Fsp3) is 0.0833. The summed E-state index contributed by atoms with van der Waals surface area (Å²) in [5.74, 6) is 3.45. The molecule has 0 amide bonds. The van der Waals surface area contributed by atoms with Gasteiger partial charge >= 0.3 is 0 Å². The Labute approximate surface area is 180 Å². The second-order valence-corrected chi connectivity index (χ2v) is 6.75. The van der Waals surface area contributed by atoms with Crippen molar-refractivity contribution in [3.8, 4) is 17.2 Å². The van der Waals surface area contributed by atoms with Gasteiger partial charge in [0.25, 0.3) is 0 Å². The van der Waals surface area contributed by atoms with Crippen LogP contribution in [0, 0.1) is 0 Å². The van der Waals surface area contributed by atoms with E-state index in [0.29, 0.717) is 23.9 Å². The smallest absolute Gasteiger partial charge is 0.159 e. The van der Waals surface area contributed by atoms with Gasteiger partial charge in [-0.3, -0.25) is 0 Å². The van der Waals surface area contributed by atoms with Gasteiger partial charge < -0.3 is 25.8 Å². The van der Waals surface area contributed by atoms with Crippen LogP contribution < -0.4 is 25.8 Å². The van der Waals surface area contributed by atoms with Crippen LogP contribution in [0.5, 0.6) is 17.2 Å². The van der Waals surface area contributed by atoms with E-state index in [4.69, 9.17) is 15.2 Å². The summed E-state index contributed by atoms with van der Waals surface area (Å²) in [5.41, 5.74) is 8.65. The lowest BCUT2D eigenvalue weighted by molar-refractivity contribution is 0.414. The van der Waals surface area contributed by atoms with Gasteiger partial charge in [0.2, 0.25) is 0 Å². The highest BCUT2D eigenvalue weighted by Gasteiger charge is 2.09. The largest absolute Gasteiger partial charge is 0.497 e. The minimum atomic E-state index is 0.445. The molecule has 0 fully saturated rings. The van der Waals surface area contributed by atoms with Crippen molar-refractivity contribution in [2.24, 2.45) is 0 Å². The summed E-state index contributed by atoms with van der Waals surface area (Å²) in [5, 5.41) is 6.48. The van der Waals surface area contributed by atoms with Gasteiger partial charge in [0, 0.05) is 12.2 Å². The molecule has 31 heavy (non-hydrogen) atoms. The lowest BCUT2D eigenvalue weighted by Gasteiger charge is -2.13. The molecule has 0 unspecified atom stereocenters. The number of para-hydroxylation sites is 1. The number of nitrogens with two attached hydrogens (primary N) is 1. The molecule has 1 aromatic heterocycles. The fourth-order valence-electron chi connectivity index (χ4n) is 2.93. The molecule has 4 aromatic rings. The third-order valence-corrected chi connectivity index (χ3v) is 4.60. The van der Waals surface area contributed by atoms with E-state index in [1.54, 1.807) is 7.11 Å². The second-order valence-electron chi connectivity index (χ2n) is 6.75. The third-order valence-electron chi connectivity index (χ3n) is 4.60. The molecule has 0 spiro atoms. The van der Waals surface area contributed by atoms with Crippen LogP contribution in [0.25, 0.3) is 0 Å². The number of nitrogen functional groups attached to an aromatic ring is 1. The predicted molar refractivity (Wildman–Crippen MR) is 123 cm³/mol. The molecule has 0 aliphatic heterocycles. The molecule has 0 radical (unpaired) electrons. The van der Waals surface area contributed by atoms with Gasteiger partial charge in [0.15, 0.2) is 11.6 Å². The second kappa shape index (κ2) is 9.49. The van der Waals surface area contributed by atoms with Crippen LogP contribution in [0.4, 0.5) is 23.0 Å². The monoisotopic (exact) mass is 413 g/mol. The van der Waals surface area contributed by atoms with E-state index in [0.717, 1.165) is 28.5 Å². The van der Waals surface area contributed by atoms with Gasteiger partial charge in [0.1, 0.15) is 29.3 Å². The Morgan fingerprint density at radius 2 is 1.42 bits per heavy atom. The quantitative estimate of drug-likeness (QED) is 0.365. The topological polar surface area (TPSA) is 94.3 Å². The lowest BCUT2D eigenvalue weighted by Crippen LogP contribution is -2.08. The Kier molecular flexibility index (Phi) is 6.13. The molecular weight excluding hydrogens is 390 g/mol. The van der Waals surface area contributed by atoms with Crippen molar-refractivity contribution in [3.05, 3.63) is 90.8 Å². The molecule has 0 atom stereocenters. The van der Waals surface area contributed by atoms with E-state index < -0.39 is 0 Å². The zero-order valence-electron chi connectivity index (χ0n) is 17.1. The van der Waals surface area contributed by atoms with Crippen LogP contribution in [-0.2, 0) is 6.54 Å². The van der Waals surface area contributed by atoms with Crippen LogP contribution in [0.3, 0.4) is 0 Å². The van der Waals surface area contributed by atoms with Crippen LogP contribution in [0.15, 0.2) is 85.2 Å². The average Bonchev–Trinajstić information content (AvgIpc) is 2.82. The van der Waals surface area contributed by atoms with E-state index in [1.807, 2.05) is 78.9 Å². The van der Waals surface area contributed by atoms with Crippen molar-refractivity contribution in [2.75, 3.05) is 23.5 Å². The zero-order chi connectivity index (χ0) is 21.5. The molecule has 7 nitrogen and oxygen atoms in total. The maximum absolute atomic E-state index is 6.28. The van der Waals surface area contributed by atoms with Crippen LogP contribution in [0.1, 0.15) is 5.56 Å². The highest BCUT2D eigenvalue weighted by Crippen LogP contribution is 2.28. The Balaban J connectivity index is 1.40. The number of methoxy groups -OCH3 is 1. The number of aromatic nitrogens is 2. The standard InChI is InChI=1S/C24H23N5O2/c1-30-19-11-7-17(8-12-19)15-26-23-22(25)24(28-16-27-23)29-18-9-13-21(14-10-18)31-20-5-3-2-4-6-20/h2-14,16H,15,25H2,1H3,(H2,26,27,28,29). The first-order valence-corrected chi connectivity index (χ1v) is 9.78. The van der Waals surface area contributed by atoms with Gasteiger partial charge in [-0.05, 0) is 54.1 Å². The molecule has 0 bridgehead atoms. The zero-order valence-corrected chi connectivity index (χ0v) is 17.1. The molecule has 0 aliphatic carbocycles. The molecular formula is C24H23N5O2. The Hall–Kier alpha value is -4.26. The number of benzene rings is 3. The molecule has 0 aliphatic rings. The number of hydrogen-bond donors (Lipinski definition) is 3. The first kappa shape index (κ1) is 20.0. The summed E-state index contributed by atoms with van der Waals surface area (Å²) in [7, 11) is 1.65. The van der Waals surface area contributed by atoms with E-state index >= 15 is 0 Å². The molecule has 156 valence electrons. The van der Waals surface area contributed by atoms with Gasteiger partial charge in [-0.1, -0.05) is 30.3 Å². The summed E-state index contributed by atoms with van der Waals surface area (Å²) >= 11 is 0. The fourth-order valence-corrected chi connectivity index (χ4v) is 2.93. The van der Waals surface area contributed by atoms with Crippen LogP contribution in [0.2, 0.25) is 0 Å². The first-order valence-electron chi connectivity index (χ1n) is 9.78. The van der Waals surface area contributed by atoms with E-state index in [2.05, 4.69) is 20.6 Å². The van der Waals surface area contributed by atoms with Crippen LogP contribution in [-0.4, -0.2) is 17.1 Å². The summed E-state index contributed by atoms with van der Waals surface area (Å²) < 4.78 is 11.0. The maximum Gasteiger partial charge on any atom is 0.159 e. The lowest BCUT2D eigenvalue weighted by atomic mass is 10.2. The van der Waals surface area contributed by atoms with E-state index in [9.17, 15) is 0 Å². The van der Waals surface area contributed by atoms with Crippen molar-refractivity contribution >= 4 is 23.0 Å². The number of hydrogen-bond acceptors (Lipinski definition) is 7. The van der Waals surface area contributed by atoms with E-state index in [-0.39, 0.29) is 0 Å². The van der Waals surface area contributed by atoms with Crippen molar-refractivity contribution in [2.45, 2.75) is 6.54 Å². The predicted octanol–water partition coefficient (Wildman–Crippen LogP) is 5.22. The van der Waals surface area contributed by atoms with Gasteiger partial charge in [-0.25, -0.2) is 9.97 Å². The Bertz CT molecular complexity index is 1120.